The number of halogens is 1. The molecular formula is C13H21FN2O3S. The number of nitrogens with two attached hydrogens (primary N) is 1. The van der Waals surface area contributed by atoms with E-state index in [4.69, 9.17) is 10.5 Å². The Balaban J connectivity index is 2.61. The normalized spacial score (nSPS) is 11.8. The number of anilines is 1. The van der Waals surface area contributed by atoms with Gasteiger partial charge in [0, 0.05) is 31.5 Å². The lowest BCUT2D eigenvalue weighted by molar-refractivity contribution is 0.192. The Morgan fingerprint density at radius 2 is 2.00 bits per heavy atom. The molecule has 0 atom stereocenters. The number of ether oxygens (including phenoxy) is 1. The zero-order valence-electron chi connectivity index (χ0n) is 11.8. The molecule has 3 N–H and O–H groups in total. The summed E-state index contributed by atoms with van der Waals surface area (Å²) in [5.41, 5.74) is 5.97. The van der Waals surface area contributed by atoms with Crippen LogP contribution in [0.1, 0.15) is 24.8 Å². The summed E-state index contributed by atoms with van der Waals surface area (Å²) < 4.78 is 44.8. The third kappa shape index (κ3) is 4.73. The van der Waals surface area contributed by atoms with Gasteiger partial charge in [0.05, 0.1) is 4.90 Å². The van der Waals surface area contributed by atoms with Gasteiger partial charge in [-0.05, 0) is 38.3 Å². The average Bonchev–Trinajstić information content (AvgIpc) is 2.39. The molecule has 0 aliphatic heterocycles. The molecule has 0 aliphatic rings. The van der Waals surface area contributed by atoms with E-state index in [0.717, 1.165) is 18.9 Å². The fourth-order valence-corrected chi connectivity index (χ4v) is 2.79. The maximum atomic E-state index is 13.5. The summed E-state index contributed by atoms with van der Waals surface area (Å²) in [7, 11) is -2.09. The molecule has 0 unspecified atom stereocenters. The molecular weight excluding hydrogens is 283 g/mol. The minimum Gasteiger partial charge on any atom is -0.398 e. The van der Waals surface area contributed by atoms with E-state index in [1.807, 2.05) is 0 Å². The molecule has 1 aromatic rings. The molecule has 1 aromatic carbocycles. The minimum absolute atomic E-state index is 0.130. The van der Waals surface area contributed by atoms with Gasteiger partial charge in [-0.25, -0.2) is 17.5 Å². The Morgan fingerprint density at radius 3 is 2.60 bits per heavy atom. The van der Waals surface area contributed by atoms with E-state index in [1.165, 1.54) is 13.0 Å². The first-order chi connectivity index (χ1) is 9.38. The van der Waals surface area contributed by atoms with E-state index in [0.29, 0.717) is 19.6 Å². The monoisotopic (exact) mass is 304 g/mol. The zero-order chi connectivity index (χ0) is 15.2. The van der Waals surface area contributed by atoms with Gasteiger partial charge in [-0.2, -0.15) is 0 Å². The molecule has 0 aliphatic carbocycles. The number of benzene rings is 1. The van der Waals surface area contributed by atoms with Crippen molar-refractivity contribution in [2.45, 2.75) is 31.1 Å². The van der Waals surface area contributed by atoms with Gasteiger partial charge in [-0.1, -0.05) is 0 Å². The van der Waals surface area contributed by atoms with Crippen LogP contribution in [-0.2, 0) is 14.8 Å². The number of nitrogen functional groups attached to an aromatic ring is 1. The van der Waals surface area contributed by atoms with E-state index in [1.54, 1.807) is 7.11 Å². The molecule has 0 radical (unpaired) electrons. The molecule has 20 heavy (non-hydrogen) atoms. The minimum atomic E-state index is -3.72. The fourth-order valence-electron chi connectivity index (χ4n) is 1.67. The number of hydrogen-bond donors (Lipinski definition) is 2. The Kier molecular flexibility index (Phi) is 6.38. The Bertz CT molecular complexity index is 524. The quantitative estimate of drug-likeness (QED) is 0.567. The third-order valence-corrected chi connectivity index (χ3v) is 4.43. The van der Waals surface area contributed by atoms with Crippen molar-refractivity contribution < 1.29 is 17.5 Å². The summed E-state index contributed by atoms with van der Waals surface area (Å²) in [5.74, 6) is -0.620. The highest BCUT2D eigenvalue weighted by Crippen LogP contribution is 2.20. The fraction of sp³-hybridized carbons (Fsp3) is 0.538. The lowest BCUT2D eigenvalue weighted by atomic mass is 10.2. The van der Waals surface area contributed by atoms with Crippen LogP contribution in [0.3, 0.4) is 0 Å². The van der Waals surface area contributed by atoms with E-state index in [2.05, 4.69) is 4.72 Å². The van der Waals surface area contributed by atoms with Crippen LogP contribution >= 0.6 is 0 Å². The standard InChI is InChI=1S/C13H21FN2O3S/c1-10-12(14)8-11(9-13(10)15)20(17,18)16-6-4-3-5-7-19-2/h8-9,16H,3-7,15H2,1-2H3. The summed E-state index contributed by atoms with van der Waals surface area (Å²) in [6.45, 7) is 2.47. The van der Waals surface area contributed by atoms with Crippen molar-refractivity contribution in [3.05, 3.63) is 23.5 Å². The number of unbranched alkanes of at least 4 members (excludes halogenated alkanes) is 2. The topological polar surface area (TPSA) is 81.4 Å². The van der Waals surface area contributed by atoms with Gasteiger partial charge in [-0.3, -0.25) is 0 Å². The molecule has 1 rings (SSSR count). The van der Waals surface area contributed by atoms with Gasteiger partial charge in [0.1, 0.15) is 5.82 Å². The van der Waals surface area contributed by atoms with Crippen molar-refractivity contribution in [3.8, 4) is 0 Å². The number of rotatable bonds is 8. The molecule has 0 amide bonds. The van der Waals surface area contributed by atoms with Crippen molar-refractivity contribution in [1.82, 2.24) is 4.72 Å². The van der Waals surface area contributed by atoms with Crippen molar-refractivity contribution in [1.29, 1.82) is 0 Å². The maximum Gasteiger partial charge on any atom is 0.240 e. The molecule has 0 aromatic heterocycles. The molecule has 5 nitrogen and oxygen atoms in total. The average molecular weight is 304 g/mol. The van der Waals surface area contributed by atoms with Crippen LogP contribution in [0.4, 0.5) is 10.1 Å². The highest BCUT2D eigenvalue weighted by molar-refractivity contribution is 7.89. The smallest absolute Gasteiger partial charge is 0.240 e. The highest BCUT2D eigenvalue weighted by atomic mass is 32.2. The Labute approximate surface area is 119 Å². The lowest BCUT2D eigenvalue weighted by Crippen LogP contribution is -2.25. The first kappa shape index (κ1) is 16.9. The number of nitrogens with one attached hydrogen (secondary N) is 1. The van der Waals surface area contributed by atoms with Gasteiger partial charge >= 0.3 is 0 Å². The van der Waals surface area contributed by atoms with Gasteiger partial charge in [0.15, 0.2) is 0 Å². The second-order valence-electron chi connectivity index (χ2n) is 4.57. The molecule has 0 heterocycles. The Morgan fingerprint density at radius 1 is 1.30 bits per heavy atom. The Hall–Kier alpha value is -1.18. The predicted molar refractivity (Wildman–Crippen MR) is 76.5 cm³/mol. The van der Waals surface area contributed by atoms with E-state index < -0.39 is 15.8 Å². The first-order valence-corrected chi connectivity index (χ1v) is 7.91. The second kappa shape index (κ2) is 7.56. The van der Waals surface area contributed by atoms with Crippen molar-refractivity contribution in [2.24, 2.45) is 0 Å². The van der Waals surface area contributed by atoms with Gasteiger partial charge in [0.25, 0.3) is 0 Å². The van der Waals surface area contributed by atoms with E-state index >= 15 is 0 Å². The van der Waals surface area contributed by atoms with E-state index in [-0.39, 0.29) is 16.1 Å². The van der Waals surface area contributed by atoms with Gasteiger partial charge in [-0.15, -0.1) is 0 Å². The number of hydrogen-bond acceptors (Lipinski definition) is 4. The largest absolute Gasteiger partial charge is 0.398 e. The summed E-state index contributed by atoms with van der Waals surface area (Å²) in [4.78, 5) is -0.144. The molecule has 0 saturated heterocycles. The van der Waals surface area contributed by atoms with Crippen molar-refractivity contribution in [2.75, 3.05) is 26.0 Å². The van der Waals surface area contributed by atoms with Gasteiger partial charge in [0.2, 0.25) is 10.0 Å². The number of sulfonamides is 1. The summed E-state index contributed by atoms with van der Waals surface area (Å²) in [6.07, 6.45) is 2.44. The first-order valence-electron chi connectivity index (χ1n) is 6.42. The van der Waals surface area contributed by atoms with Crippen LogP contribution in [0.25, 0.3) is 0 Å². The summed E-state index contributed by atoms with van der Waals surface area (Å²) in [6, 6.07) is 2.25. The van der Waals surface area contributed by atoms with Crippen LogP contribution in [0, 0.1) is 12.7 Å². The molecule has 114 valence electrons. The summed E-state index contributed by atoms with van der Waals surface area (Å²) >= 11 is 0. The van der Waals surface area contributed by atoms with E-state index in [9.17, 15) is 12.8 Å². The van der Waals surface area contributed by atoms with Crippen LogP contribution in [0.2, 0.25) is 0 Å². The highest BCUT2D eigenvalue weighted by Gasteiger charge is 2.16. The predicted octanol–water partition coefficient (Wildman–Crippen LogP) is 1.81. The van der Waals surface area contributed by atoms with Crippen LogP contribution in [0.5, 0.6) is 0 Å². The molecule has 0 spiro atoms. The number of methoxy groups -OCH3 is 1. The SMILES string of the molecule is COCCCCCNS(=O)(=O)c1cc(N)c(C)c(F)c1. The second-order valence-corrected chi connectivity index (χ2v) is 6.34. The molecule has 7 heteroatoms. The summed E-state index contributed by atoms with van der Waals surface area (Å²) in [5, 5.41) is 0. The zero-order valence-corrected chi connectivity index (χ0v) is 12.6. The van der Waals surface area contributed by atoms with Crippen LogP contribution < -0.4 is 10.5 Å². The molecule has 0 saturated carbocycles. The van der Waals surface area contributed by atoms with Crippen LogP contribution in [0.15, 0.2) is 17.0 Å². The molecule has 0 bridgehead atoms. The maximum absolute atomic E-state index is 13.5. The third-order valence-electron chi connectivity index (χ3n) is 2.99. The van der Waals surface area contributed by atoms with Gasteiger partial charge < -0.3 is 10.5 Å². The van der Waals surface area contributed by atoms with Crippen LogP contribution in [-0.4, -0.2) is 28.7 Å². The van der Waals surface area contributed by atoms with Crippen molar-refractivity contribution in [3.63, 3.8) is 0 Å². The molecule has 0 fully saturated rings. The lowest BCUT2D eigenvalue weighted by Gasteiger charge is -2.09. The van der Waals surface area contributed by atoms with Crippen molar-refractivity contribution >= 4 is 15.7 Å².